The molecule has 1 aromatic carbocycles. The van der Waals surface area contributed by atoms with Crippen molar-refractivity contribution in [2.45, 2.75) is 31.2 Å². The number of hydrogen-bond donors (Lipinski definition) is 2. The van der Waals surface area contributed by atoms with Crippen molar-refractivity contribution in [2.24, 2.45) is 0 Å². The number of carbonyl (C=O) groups is 1. The highest BCUT2D eigenvalue weighted by Gasteiger charge is 2.46. The lowest BCUT2D eigenvalue weighted by atomic mass is 9.81. The number of amides is 1. The molecule has 2 atom stereocenters. The second-order valence-corrected chi connectivity index (χ2v) is 6.29. The van der Waals surface area contributed by atoms with E-state index in [4.69, 9.17) is 16.3 Å². The van der Waals surface area contributed by atoms with Gasteiger partial charge in [-0.25, -0.2) is 4.39 Å². The van der Waals surface area contributed by atoms with Gasteiger partial charge in [-0.15, -0.1) is 0 Å². The number of aliphatic hydroxyl groups excluding tert-OH is 1. The minimum absolute atomic E-state index is 0.0681. The van der Waals surface area contributed by atoms with Crippen molar-refractivity contribution >= 4 is 17.5 Å². The molecule has 1 heterocycles. The van der Waals surface area contributed by atoms with E-state index >= 15 is 4.39 Å². The number of aliphatic hydroxyl groups is 1. The summed E-state index contributed by atoms with van der Waals surface area (Å²) in [5, 5.41) is 13.0. The highest BCUT2D eigenvalue weighted by Crippen LogP contribution is 2.42. The lowest BCUT2D eigenvalue weighted by molar-refractivity contribution is -0.135. The van der Waals surface area contributed by atoms with E-state index in [0.717, 1.165) is 0 Å². The average Bonchev–Trinajstić information content (AvgIpc) is 2.64. The Hall–Kier alpha value is -2.18. The van der Waals surface area contributed by atoms with Gasteiger partial charge in [0.05, 0.1) is 23.9 Å². The Kier molecular flexibility index (Phi) is 4.92. The summed E-state index contributed by atoms with van der Waals surface area (Å²) in [7, 11) is 1.50. The van der Waals surface area contributed by atoms with E-state index in [1.54, 1.807) is 24.3 Å². The van der Waals surface area contributed by atoms with Crippen LogP contribution >= 0.6 is 11.6 Å². The molecule has 0 spiro atoms. The Bertz CT molecular complexity index is 802. The third-order valence-electron chi connectivity index (χ3n) is 4.41. The van der Waals surface area contributed by atoms with Crippen molar-refractivity contribution in [1.82, 2.24) is 10.3 Å². The van der Waals surface area contributed by atoms with E-state index in [2.05, 4.69) is 10.3 Å². The first-order valence-corrected chi connectivity index (χ1v) is 8.27. The number of alkyl halides is 1. The first kappa shape index (κ1) is 17.6. The van der Waals surface area contributed by atoms with E-state index in [1.807, 2.05) is 0 Å². The fraction of sp³-hybridized carbons (Fsp3) is 0.333. The van der Waals surface area contributed by atoms with Gasteiger partial charge >= 0.3 is 0 Å². The normalized spacial score (nSPS) is 22.2. The van der Waals surface area contributed by atoms with Gasteiger partial charge < -0.3 is 15.2 Å². The van der Waals surface area contributed by atoms with Gasteiger partial charge in [-0.05, 0) is 30.5 Å². The van der Waals surface area contributed by atoms with E-state index < -0.39 is 17.7 Å². The molecule has 3 rings (SSSR count). The van der Waals surface area contributed by atoms with E-state index in [0.29, 0.717) is 16.3 Å². The molecule has 2 aromatic rings. The number of nitrogens with zero attached hydrogens (tertiary/aromatic N) is 1. The fourth-order valence-corrected chi connectivity index (χ4v) is 3.30. The minimum atomic E-state index is -2.23. The SMILES string of the molecule is COc1cccc(CNC(=O)C2(F)CCC(O)c3ncccc32)c1Cl. The predicted octanol–water partition coefficient (Wildman–Crippen LogP) is 3.05. The third kappa shape index (κ3) is 3.19. The monoisotopic (exact) mass is 364 g/mol. The van der Waals surface area contributed by atoms with Gasteiger partial charge in [-0.2, -0.15) is 0 Å². The molecule has 0 aliphatic heterocycles. The number of fused-ring (bicyclic) bond motifs is 1. The quantitative estimate of drug-likeness (QED) is 0.874. The Morgan fingerprint density at radius 3 is 3.04 bits per heavy atom. The number of rotatable bonds is 4. The zero-order valence-corrected chi connectivity index (χ0v) is 14.4. The van der Waals surface area contributed by atoms with Crippen molar-refractivity contribution in [1.29, 1.82) is 0 Å². The molecule has 7 heteroatoms. The molecule has 2 N–H and O–H groups in total. The molecule has 0 fully saturated rings. The molecule has 0 saturated heterocycles. The van der Waals surface area contributed by atoms with Crippen LogP contribution in [0.1, 0.15) is 35.8 Å². The molecule has 25 heavy (non-hydrogen) atoms. The molecule has 1 aliphatic rings. The van der Waals surface area contributed by atoms with Gasteiger partial charge in [0, 0.05) is 18.3 Å². The maximum Gasteiger partial charge on any atom is 0.262 e. The molecule has 1 aliphatic carbocycles. The number of nitrogens with one attached hydrogen (secondary N) is 1. The van der Waals surface area contributed by atoms with Gasteiger partial charge in [0.25, 0.3) is 5.91 Å². The highest BCUT2D eigenvalue weighted by molar-refractivity contribution is 6.32. The first-order valence-electron chi connectivity index (χ1n) is 7.89. The van der Waals surface area contributed by atoms with Crippen molar-refractivity contribution in [2.75, 3.05) is 7.11 Å². The van der Waals surface area contributed by atoms with E-state index in [-0.39, 0.29) is 30.6 Å². The molecule has 2 unspecified atom stereocenters. The Morgan fingerprint density at radius 2 is 2.28 bits per heavy atom. The van der Waals surface area contributed by atoms with Crippen LogP contribution in [0.3, 0.4) is 0 Å². The molecule has 0 radical (unpaired) electrons. The number of methoxy groups -OCH3 is 1. The molecule has 0 saturated carbocycles. The van der Waals surface area contributed by atoms with Gasteiger partial charge in [0.1, 0.15) is 5.75 Å². The third-order valence-corrected chi connectivity index (χ3v) is 4.83. The van der Waals surface area contributed by atoms with Crippen molar-refractivity contribution in [3.63, 3.8) is 0 Å². The highest BCUT2D eigenvalue weighted by atomic mass is 35.5. The van der Waals surface area contributed by atoms with Crippen molar-refractivity contribution < 1.29 is 19.0 Å². The van der Waals surface area contributed by atoms with Crippen LogP contribution in [0.2, 0.25) is 5.02 Å². The largest absolute Gasteiger partial charge is 0.495 e. The Labute approximate surface area is 149 Å². The number of aromatic nitrogens is 1. The van der Waals surface area contributed by atoms with Crippen LogP contribution in [0, 0.1) is 0 Å². The Balaban J connectivity index is 1.81. The lowest BCUT2D eigenvalue weighted by Crippen LogP contribution is -2.44. The second kappa shape index (κ2) is 6.98. The maximum atomic E-state index is 15.5. The summed E-state index contributed by atoms with van der Waals surface area (Å²) in [5.41, 5.74) is -1.28. The summed E-state index contributed by atoms with van der Waals surface area (Å²) >= 11 is 6.20. The topological polar surface area (TPSA) is 71.5 Å². The molecular formula is C18H18ClFN2O3. The molecule has 0 bridgehead atoms. The molecule has 5 nitrogen and oxygen atoms in total. The molecule has 1 aromatic heterocycles. The number of carbonyl (C=O) groups excluding carboxylic acids is 1. The summed E-state index contributed by atoms with van der Waals surface area (Å²) in [4.78, 5) is 16.6. The number of benzene rings is 1. The standard InChI is InChI=1S/C18H18ClFN2O3/c1-25-14-6-2-4-11(15(14)19)10-22-17(24)18(20)8-7-13(23)16-12(18)5-3-9-21-16/h2-6,9,13,23H,7-8,10H2,1H3,(H,22,24). The zero-order chi connectivity index (χ0) is 18.0. The number of hydrogen-bond acceptors (Lipinski definition) is 4. The molecular weight excluding hydrogens is 347 g/mol. The van der Waals surface area contributed by atoms with Crippen LogP contribution in [-0.4, -0.2) is 23.1 Å². The van der Waals surface area contributed by atoms with Gasteiger partial charge in [0.15, 0.2) is 0 Å². The average molecular weight is 365 g/mol. The summed E-state index contributed by atoms with van der Waals surface area (Å²) < 4.78 is 20.6. The number of pyridine rings is 1. The van der Waals surface area contributed by atoms with E-state index in [1.165, 1.54) is 19.4 Å². The van der Waals surface area contributed by atoms with E-state index in [9.17, 15) is 9.90 Å². The first-order chi connectivity index (χ1) is 12.0. The van der Waals surface area contributed by atoms with Crippen LogP contribution < -0.4 is 10.1 Å². The maximum absolute atomic E-state index is 15.5. The zero-order valence-electron chi connectivity index (χ0n) is 13.6. The Morgan fingerprint density at radius 1 is 1.48 bits per heavy atom. The minimum Gasteiger partial charge on any atom is -0.495 e. The number of ether oxygens (including phenoxy) is 1. The second-order valence-electron chi connectivity index (χ2n) is 5.91. The van der Waals surface area contributed by atoms with Crippen LogP contribution in [-0.2, 0) is 17.0 Å². The number of halogens is 2. The lowest BCUT2D eigenvalue weighted by Gasteiger charge is -2.32. The van der Waals surface area contributed by atoms with Crippen LogP contribution in [0.25, 0.3) is 0 Å². The van der Waals surface area contributed by atoms with Gasteiger partial charge in [-0.3, -0.25) is 9.78 Å². The van der Waals surface area contributed by atoms with Gasteiger partial charge in [-0.1, -0.05) is 29.8 Å². The summed E-state index contributed by atoms with van der Waals surface area (Å²) in [6.45, 7) is 0.0681. The van der Waals surface area contributed by atoms with Crippen molar-refractivity contribution in [3.8, 4) is 5.75 Å². The predicted molar refractivity (Wildman–Crippen MR) is 91.1 cm³/mol. The fourth-order valence-electron chi connectivity index (χ4n) is 3.03. The van der Waals surface area contributed by atoms with Crippen LogP contribution in [0.4, 0.5) is 4.39 Å². The summed E-state index contributed by atoms with van der Waals surface area (Å²) in [6, 6.07) is 8.22. The van der Waals surface area contributed by atoms with Crippen molar-refractivity contribution in [3.05, 3.63) is 58.4 Å². The van der Waals surface area contributed by atoms with Crippen LogP contribution in [0.15, 0.2) is 36.5 Å². The van der Waals surface area contributed by atoms with Gasteiger partial charge in [0.2, 0.25) is 5.67 Å². The molecule has 132 valence electrons. The summed E-state index contributed by atoms with van der Waals surface area (Å²) in [6.07, 6.45) is 0.640. The molecule has 1 amide bonds. The summed E-state index contributed by atoms with van der Waals surface area (Å²) in [5.74, 6) is -0.286. The smallest absolute Gasteiger partial charge is 0.262 e. The van der Waals surface area contributed by atoms with Crippen LogP contribution in [0.5, 0.6) is 5.75 Å².